The minimum absolute atomic E-state index is 0.0988. The van der Waals surface area contributed by atoms with Crippen LogP contribution in [-0.2, 0) is 9.53 Å². The maximum Gasteiger partial charge on any atom is 0.328 e. The number of methoxy groups -OCH3 is 1. The highest BCUT2D eigenvalue weighted by atomic mass is 19.1. The molecule has 1 aromatic heterocycles. The standard InChI is InChI=1S/C25H33FN2O5/c1-7-17(8-2)21(19-10-9-18(26)13-14(19)3)16(5)33-25(31)15(4)28-24(30)22-23(29)20(32-6)11-12-27-22/h9-13,15-17,21,29H,7-8H2,1-6H3,(H,28,30)/t15-,16-,21+/m0/s1. The van der Waals surface area contributed by atoms with E-state index in [1.54, 1.807) is 6.07 Å². The monoisotopic (exact) mass is 460 g/mol. The minimum Gasteiger partial charge on any atom is -0.503 e. The number of carbonyl (C=O) groups excluding carboxylic acids is 2. The van der Waals surface area contributed by atoms with Gasteiger partial charge in [-0.3, -0.25) is 4.79 Å². The smallest absolute Gasteiger partial charge is 0.328 e. The van der Waals surface area contributed by atoms with Crippen LogP contribution in [0, 0.1) is 18.7 Å². The third-order valence-electron chi connectivity index (χ3n) is 5.98. The predicted molar refractivity (Wildman–Crippen MR) is 123 cm³/mol. The number of rotatable bonds is 10. The number of hydrogen-bond acceptors (Lipinski definition) is 6. The summed E-state index contributed by atoms with van der Waals surface area (Å²) in [5.41, 5.74) is 1.49. The molecule has 33 heavy (non-hydrogen) atoms. The van der Waals surface area contributed by atoms with E-state index < -0.39 is 29.8 Å². The third-order valence-corrected chi connectivity index (χ3v) is 5.98. The Kier molecular flexibility index (Phi) is 9.20. The second-order valence-electron chi connectivity index (χ2n) is 8.15. The van der Waals surface area contributed by atoms with Gasteiger partial charge in [-0.15, -0.1) is 0 Å². The summed E-state index contributed by atoms with van der Waals surface area (Å²) < 4.78 is 24.4. The summed E-state index contributed by atoms with van der Waals surface area (Å²) in [6.45, 7) is 9.31. The molecular weight excluding hydrogens is 427 g/mol. The van der Waals surface area contributed by atoms with Gasteiger partial charge in [0.15, 0.2) is 17.2 Å². The topological polar surface area (TPSA) is 97.8 Å². The molecule has 7 nitrogen and oxygen atoms in total. The quantitative estimate of drug-likeness (QED) is 0.506. The lowest BCUT2D eigenvalue weighted by molar-refractivity contribution is -0.152. The van der Waals surface area contributed by atoms with Gasteiger partial charge in [0.2, 0.25) is 0 Å². The molecule has 2 aromatic rings. The van der Waals surface area contributed by atoms with Crippen molar-refractivity contribution < 1.29 is 28.6 Å². The number of nitrogens with zero attached hydrogens (tertiary/aromatic N) is 1. The fourth-order valence-electron chi connectivity index (χ4n) is 4.15. The Bertz CT molecular complexity index is 977. The summed E-state index contributed by atoms with van der Waals surface area (Å²) in [4.78, 5) is 29.2. The Morgan fingerprint density at radius 1 is 1.18 bits per heavy atom. The zero-order valence-corrected chi connectivity index (χ0v) is 20.0. The lowest BCUT2D eigenvalue weighted by Gasteiger charge is -2.32. The zero-order chi connectivity index (χ0) is 24.7. The molecule has 2 rings (SSSR count). The van der Waals surface area contributed by atoms with Gasteiger partial charge >= 0.3 is 5.97 Å². The number of aromatic hydroxyl groups is 1. The number of pyridine rings is 1. The molecule has 0 radical (unpaired) electrons. The summed E-state index contributed by atoms with van der Waals surface area (Å²) in [5, 5.41) is 12.6. The number of amides is 1. The van der Waals surface area contributed by atoms with Gasteiger partial charge in [0.25, 0.3) is 5.91 Å². The van der Waals surface area contributed by atoms with Gasteiger partial charge in [-0.05, 0) is 49.9 Å². The third kappa shape index (κ3) is 6.21. The number of carbonyl (C=O) groups is 2. The van der Waals surface area contributed by atoms with Crippen molar-refractivity contribution in [1.82, 2.24) is 10.3 Å². The number of hydrogen-bond donors (Lipinski definition) is 2. The van der Waals surface area contributed by atoms with Crippen LogP contribution in [0.1, 0.15) is 68.1 Å². The lowest BCUT2D eigenvalue weighted by atomic mass is 9.78. The van der Waals surface area contributed by atoms with Crippen molar-refractivity contribution in [1.29, 1.82) is 0 Å². The van der Waals surface area contributed by atoms with E-state index in [0.717, 1.165) is 24.0 Å². The van der Waals surface area contributed by atoms with Crippen LogP contribution in [-0.4, -0.2) is 41.2 Å². The highest BCUT2D eigenvalue weighted by molar-refractivity contribution is 5.97. The molecule has 1 aromatic carbocycles. The average Bonchev–Trinajstić information content (AvgIpc) is 2.77. The number of nitrogens with one attached hydrogen (secondary N) is 1. The van der Waals surface area contributed by atoms with Crippen LogP contribution in [0.25, 0.3) is 0 Å². The molecule has 0 spiro atoms. The first-order valence-corrected chi connectivity index (χ1v) is 11.1. The van der Waals surface area contributed by atoms with Crippen molar-refractivity contribution in [3.05, 3.63) is 53.1 Å². The molecule has 0 aliphatic heterocycles. The number of esters is 1. The van der Waals surface area contributed by atoms with E-state index in [0.29, 0.717) is 0 Å². The molecule has 1 heterocycles. The molecule has 0 bridgehead atoms. The summed E-state index contributed by atoms with van der Waals surface area (Å²) in [5.74, 6) is -1.87. The van der Waals surface area contributed by atoms with E-state index in [4.69, 9.17) is 9.47 Å². The van der Waals surface area contributed by atoms with Crippen molar-refractivity contribution in [2.75, 3.05) is 7.11 Å². The van der Waals surface area contributed by atoms with E-state index in [1.165, 1.54) is 38.4 Å². The molecule has 0 saturated carbocycles. The first kappa shape index (κ1) is 26.1. The van der Waals surface area contributed by atoms with Crippen LogP contribution in [0.5, 0.6) is 11.5 Å². The molecule has 0 aliphatic rings. The molecule has 8 heteroatoms. The van der Waals surface area contributed by atoms with E-state index in [9.17, 15) is 19.1 Å². The number of ether oxygens (including phenoxy) is 2. The van der Waals surface area contributed by atoms with E-state index in [-0.39, 0.29) is 29.1 Å². The second kappa shape index (κ2) is 11.6. The molecule has 2 N–H and O–H groups in total. The zero-order valence-electron chi connectivity index (χ0n) is 20.0. The molecule has 0 aliphatic carbocycles. The molecular formula is C25H33FN2O5. The Morgan fingerprint density at radius 2 is 1.85 bits per heavy atom. The van der Waals surface area contributed by atoms with Crippen molar-refractivity contribution in [2.45, 2.75) is 65.5 Å². The van der Waals surface area contributed by atoms with Gasteiger partial charge in [-0.25, -0.2) is 14.2 Å². The van der Waals surface area contributed by atoms with Crippen molar-refractivity contribution in [2.24, 2.45) is 5.92 Å². The highest BCUT2D eigenvalue weighted by Crippen LogP contribution is 2.36. The van der Waals surface area contributed by atoms with Crippen molar-refractivity contribution >= 4 is 11.9 Å². The van der Waals surface area contributed by atoms with Crippen molar-refractivity contribution in [3.63, 3.8) is 0 Å². The molecule has 180 valence electrons. The maximum atomic E-state index is 13.7. The summed E-state index contributed by atoms with van der Waals surface area (Å²) >= 11 is 0. The molecule has 0 saturated heterocycles. The van der Waals surface area contributed by atoms with E-state index in [1.807, 2.05) is 13.8 Å². The first-order chi connectivity index (χ1) is 15.6. The summed E-state index contributed by atoms with van der Waals surface area (Å²) in [6.07, 6.45) is 2.55. The number of aryl methyl sites for hydroxylation is 1. The van der Waals surface area contributed by atoms with Crippen LogP contribution in [0.4, 0.5) is 4.39 Å². The van der Waals surface area contributed by atoms with Gasteiger partial charge in [0.1, 0.15) is 18.0 Å². The Morgan fingerprint density at radius 3 is 2.42 bits per heavy atom. The van der Waals surface area contributed by atoms with Gasteiger partial charge in [0.05, 0.1) is 7.11 Å². The molecule has 0 fully saturated rings. The molecule has 3 atom stereocenters. The fraction of sp³-hybridized carbons (Fsp3) is 0.480. The van der Waals surface area contributed by atoms with Crippen LogP contribution in [0.15, 0.2) is 30.5 Å². The van der Waals surface area contributed by atoms with Crippen LogP contribution in [0.2, 0.25) is 0 Å². The van der Waals surface area contributed by atoms with Crippen molar-refractivity contribution in [3.8, 4) is 11.5 Å². The van der Waals surface area contributed by atoms with Crippen LogP contribution < -0.4 is 10.1 Å². The van der Waals surface area contributed by atoms with Crippen LogP contribution in [0.3, 0.4) is 0 Å². The van der Waals surface area contributed by atoms with Gasteiger partial charge < -0.3 is 19.9 Å². The molecule has 0 unspecified atom stereocenters. The van der Waals surface area contributed by atoms with Gasteiger partial charge in [0, 0.05) is 18.2 Å². The number of aromatic nitrogens is 1. The number of halogens is 1. The Hall–Kier alpha value is -3.16. The summed E-state index contributed by atoms with van der Waals surface area (Å²) in [7, 11) is 1.36. The molecule has 1 amide bonds. The van der Waals surface area contributed by atoms with Gasteiger partial charge in [-0.2, -0.15) is 0 Å². The summed E-state index contributed by atoms with van der Waals surface area (Å²) in [6, 6.07) is 5.09. The lowest BCUT2D eigenvalue weighted by Crippen LogP contribution is -2.42. The Labute approximate surface area is 194 Å². The normalized spacial score (nSPS) is 13.8. The highest BCUT2D eigenvalue weighted by Gasteiger charge is 2.32. The van der Waals surface area contributed by atoms with E-state index in [2.05, 4.69) is 24.1 Å². The second-order valence-corrected chi connectivity index (χ2v) is 8.15. The van der Waals surface area contributed by atoms with Crippen LogP contribution >= 0.6 is 0 Å². The predicted octanol–water partition coefficient (Wildman–Crippen LogP) is 4.51. The fourth-order valence-corrected chi connectivity index (χ4v) is 4.15. The van der Waals surface area contributed by atoms with E-state index >= 15 is 0 Å². The first-order valence-electron chi connectivity index (χ1n) is 11.1. The Balaban J connectivity index is 2.17. The largest absolute Gasteiger partial charge is 0.503 e. The SMILES string of the molecule is CCC(CC)[C@H](c1ccc(F)cc1C)[C@H](C)OC(=O)[C@H](C)NC(=O)c1nccc(OC)c1O. The average molecular weight is 461 g/mol. The minimum atomic E-state index is -0.982. The van der Waals surface area contributed by atoms with Gasteiger partial charge in [-0.1, -0.05) is 32.8 Å². The maximum absolute atomic E-state index is 13.7. The number of benzene rings is 1.